The number of hydrogen-bond donors (Lipinski definition) is 0. The van der Waals surface area contributed by atoms with Gasteiger partial charge in [0, 0.05) is 0 Å². The van der Waals surface area contributed by atoms with Gasteiger partial charge in [-0.15, -0.1) is 23.2 Å². The maximum atomic E-state index is 12.1. The molecule has 0 N–H and O–H groups in total. The Kier molecular flexibility index (Phi) is 11.9. The lowest BCUT2D eigenvalue weighted by atomic mass is 10.3. The first-order chi connectivity index (χ1) is 10.2. The Morgan fingerprint density at radius 3 is 1.32 bits per heavy atom. The molecule has 0 heterocycles. The average Bonchev–Trinajstić information content (AvgIpc) is 2.41. The first-order valence-electron chi connectivity index (χ1n) is 7.12. The normalized spacial score (nSPS) is 17.6. The van der Waals surface area contributed by atoms with Crippen LogP contribution in [0.1, 0.15) is 40.5 Å². The van der Waals surface area contributed by atoms with E-state index in [4.69, 9.17) is 41.3 Å². The first-order valence-corrected chi connectivity index (χ1v) is 11.6. The summed E-state index contributed by atoms with van der Waals surface area (Å²) in [5.74, 6) is 0. The van der Waals surface area contributed by atoms with Gasteiger partial charge in [-0.05, 0) is 40.5 Å². The fourth-order valence-electron chi connectivity index (χ4n) is 1.44. The van der Waals surface area contributed by atoms with E-state index >= 15 is 0 Å². The van der Waals surface area contributed by atoms with E-state index in [9.17, 15) is 9.13 Å². The lowest BCUT2D eigenvalue weighted by molar-refractivity contribution is 0.156. The molecule has 0 aromatic heterocycles. The van der Waals surface area contributed by atoms with Crippen molar-refractivity contribution in [1.82, 2.24) is 0 Å². The Hall–Kier alpha value is 0.880. The summed E-state index contributed by atoms with van der Waals surface area (Å²) in [6.07, 6.45) is 0.671. The molecule has 0 unspecified atom stereocenters. The van der Waals surface area contributed by atoms with Gasteiger partial charge in [0.15, 0.2) is 0 Å². The third-order valence-electron chi connectivity index (χ3n) is 2.15. The minimum absolute atomic E-state index is 0.189. The number of halogens is 2. The number of rotatable bonds is 13. The van der Waals surface area contributed by atoms with Crippen LogP contribution in [0.5, 0.6) is 0 Å². The molecule has 0 aliphatic heterocycles. The second kappa shape index (κ2) is 11.4. The molecule has 0 fully saturated rings. The molecule has 0 aromatic carbocycles. The van der Waals surface area contributed by atoms with Gasteiger partial charge in [-0.1, -0.05) is 0 Å². The average molecular weight is 399 g/mol. The summed E-state index contributed by atoms with van der Waals surface area (Å²) in [6.45, 7) is 7.47. The van der Waals surface area contributed by atoms with Crippen LogP contribution in [0.15, 0.2) is 0 Å². The van der Waals surface area contributed by atoms with Crippen molar-refractivity contribution in [2.75, 3.05) is 24.5 Å². The van der Waals surface area contributed by atoms with E-state index < -0.39 is 15.2 Å². The van der Waals surface area contributed by atoms with Crippen molar-refractivity contribution in [3.63, 3.8) is 0 Å². The van der Waals surface area contributed by atoms with Crippen LogP contribution in [0.2, 0.25) is 0 Å². The smallest absolute Gasteiger partial charge is 0.308 e. The van der Waals surface area contributed by atoms with E-state index in [-0.39, 0.29) is 36.7 Å². The fourth-order valence-corrected chi connectivity index (χ4v) is 4.66. The van der Waals surface area contributed by atoms with Crippen LogP contribution in [0, 0.1) is 0 Å². The summed E-state index contributed by atoms with van der Waals surface area (Å²) in [5.41, 5.74) is -0.378. The molecule has 0 aliphatic carbocycles. The highest BCUT2D eigenvalue weighted by Gasteiger charge is 2.26. The first kappa shape index (κ1) is 22.9. The van der Waals surface area contributed by atoms with Crippen molar-refractivity contribution in [2.24, 2.45) is 0 Å². The molecule has 0 saturated carbocycles. The van der Waals surface area contributed by atoms with Crippen LogP contribution in [0.25, 0.3) is 0 Å². The van der Waals surface area contributed by atoms with E-state index in [2.05, 4.69) is 0 Å². The van der Waals surface area contributed by atoms with Gasteiger partial charge in [0.2, 0.25) is 0 Å². The lowest BCUT2D eigenvalue weighted by Crippen LogP contribution is -2.07. The molecular formula is C12H26Cl2O6P2. The zero-order valence-corrected chi connectivity index (χ0v) is 16.8. The lowest BCUT2D eigenvalue weighted by Gasteiger charge is -2.19. The monoisotopic (exact) mass is 398 g/mol. The zero-order chi connectivity index (χ0) is 17.2. The van der Waals surface area contributed by atoms with Gasteiger partial charge in [0.1, 0.15) is 11.2 Å². The molecular weight excluding hydrogens is 373 g/mol. The molecule has 0 aliphatic rings. The second-order valence-corrected chi connectivity index (χ2v) is 10.4. The maximum Gasteiger partial charge on any atom is 0.345 e. The molecule has 0 spiro atoms. The SMILES string of the molecule is CC(C)O[P@@](=O)(CCl)OCCCCO[P@@](=O)(CCl)OC(C)C. The summed E-state index contributed by atoms with van der Waals surface area (Å²) in [7, 11) is -6.48. The molecule has 6 nitrogen and oxygen atoms in total. The summed E-state index contributed by atoms with van der Waals surface area (Å²) in [5, 5.41) is 0. The van der Waals surface area contributed by atoms with Crippen LogP contribution in [-0.2, 0) is 27.2 Å². The summed E-state index contributed by atoms with van der Waals surface area (Å²) < 4.78 is 45.0. The molecule has 0 saturated heterocycles. The van der Waals surface area contributed by atoms with E-state index in [1.165, 1.54) is 0 Å². The van der Waals surface area contributed by atoms with Gasteiger partial charge in [-0.25, -0.2) is 0 Å². The van der Waals surface area contributed by atoms with Gasteiger partial charge in [0.05, 0.1) is 25.4 Å². The highest BCUT2D eigenvalue weighted by atomic mass is 35.5. The topological polar surface area (TPSA) is 71.1 Å². The molecule has 10 heteroatoms. The molecule has 134 valence electrons. The highest BCUT2D eigenvalue weighted by Crippen LogP contribution is 2.51. The third kappa shape index (κ3) is 10.6. The van der Waals surface area contributed by atoms with Gasteiger partial charge in [0.25, 0.3) is 0 Å². The highest BCUT2D eigenvalue weighted by molar-refractivity contribution is 7.55. The van der Waals surface area contributed by atoms with Gasteiger partial charge in [-0.2, -0.15) is 0 Å². The summed E-state index contributed by atoms with van der Waals surface area (Å²) in [4.78, 5) is 0. The fraction of sp³-hybridized carbons (Fsp3) is 1.00. The van der Waals surface area contributed by atoms with Crippen molar-refractivity contribution >= 4 is 38.4 Å². The summed E-state index contributed by atoms with van der Waals surface area (Å²) in [6, 6.07) is 0. The van der Waals surface area contributed by atoms with Gasteiger partial charge in [-0.3, -0.25) is 9.13 Å². The van der Waals surface area contributed by atoms with Gasteiger partial charge < -0.3 is 18.1 Å². The van der Waals surface area contributed by atoms with E-state index in [0.717, 1.165) is 0 Å². The predicted octanol–water partition coefficient (Wildman–Crippen LogP) is 5.43. The minimum atomic E-state index is -3.24. The van der Waals surface area contributed by atoms with Gasteiger partial charge >= 0.3 is 15.2 Å². The van der Waals surface area contributed by atoms with Crippen LogP contribution >= 0.6 is 38.4 Å². The molecule has 2 atom stereocenters. The largest absolute Gasteiger partial charge is 0.345 e. The van der Waals surface area contributed by atoms with Crippen LogP contribution in [0.4, 0.5) is 0 Å². The van der Waals surface area contributed by atoms with Crippen molar-refractivity contribution in [3.05, 3.63) is 0 Å². The van der Waals surface area contributed by atoms with E-state index in [1.54, 1.807) is 27.7 Å². The Morgan fingerprint density at radius 2 is 1.09 bits per heavy atom. The second-order valence-electron chi connectivity index (χ2n) is 5.14. The van der Waals surface area contributed by atoms with Crippen LogP contribution in [-0.4, -0.2) is 36.7 Å². The van der Waals surface area contributed by atoms with E-state index in [0.29, 0.717) is 12.8 Å². The Morgan fingerprint density at radius 1 is 0.773 bits per heavy atom. The van der Waals surface area contributed by atoms with Crippen LogP contribution in [0.3, 0.4) is 0 Å². The third-order valence-corrected chi connectivity index (χ3v) is 7.13. The minimum Gasteiger partial charge on any atom is -0.308 e. The predicted molar refractivity (Wildman–Crippen MR) is 90.2 cm³/mol. The molecule has 22 heavy (non-hydrogen) atoms. The Balaban J connectivity index is 3.98. The molecule has 0 amide bonds. The number of unbranched alkanes of at least 4 members (excludes halogenated alkanes) is 1. The summed E-state index contributed by atoms with van der Waals surface area (Å²) >= 11 is 11.2. The Labute approximate surface area is 143 Å². The van der Waals surface area contributed by atoms with Crippen molar-refractivity contribution < 1.29 is 27.2 Å². The quantitative estimate of drug-likeness (QED) is 0.234. The van der Waals surface area contributed by atoms with Crippen molar-refractivity contribution in [2.45, 2.75) is 52.7 Å². The molecule has 0 rings (SSSR count). The molecule has 0 radical (unpaired) electrons. The van der Waals surface area contributed by atoms with Crippen molar-refractivity contribution in [3.8, 4) is 0 Å². The zero-order valence-electron chi connectivity index (χ0n) is 13.5. The number of hydrogen-bond acceptors (Lipinski definition) is 6. The number of alkyl halides is 2. The van der Waals surface area contributed by atoms with Crippen LogP contribution < -0.4 is 0 Å². The standard InChI is InChI=1S/C12H26Cl2O6P2/c1-11(2)19-21(15,9-13)17-7-5-6-8-18-22(16,10-14)20-12(3)4/h11-12H,5-10H2,1-4H3/t21-,22+. The molecule has 0 aromatic rings. The maximum absolute atomic E-state index is 12.1. The van der Waals surface area contributed by atoms with E-state index in [1.807, 2.05) is 0 Å². The Bertz CT molecular complexity index is 356. The van der Waals surface area contributed by atoms with Crippen molar-refractivity contribution in [1.29, 1.82) is 0 Å². The molecule has 0 bridgehead atoms.